The Morgan fingerprint density at radius 3 is 2.52 bits per heavy atom. The molecule has 31 heavy (non-hydrogen) atoms. The zero-order valence-electron chi connectivity index (χ0n) is 17.5. The van der Waals surface area contributed by atoms with Crippen molar-refractivity contribution >= 4 is 46.9 Å². The van der Waals surface area contributed by atoms with Crippen molar-refractivity contribution < 1.29 is 4.79 Å². The van der Waals surface area contributed by atoms with Crippen molar-refractivity contribution in [1.82, 2.24) is 29.9 Å². The number of carbonyl (C=O) groups excluding carboxylic acids is 1. The molecule has 2 heterocycles. The van der Waals surface area contributed by atoms with Crippen LogP contribution in [-0.2, 0) is 10.3 Å². The van der Waals surface area contributed by atoms with Crippen LogP contribution in [0.4, 0.5) is 11.9 Å². The predicted octanol–water partition coefficient (Wildman–Crippen LogP) is 3.32. The zero-order valence-corrected chi connectivity index (χ0v) is 19.1. The molecule has 1 aliphatic carbocycles. The Hall–Kier alpha value is -2.59. The minimum Gasteiger partial charge on any atom is -0.355 e. The average Bonchev–Trinajstić information content (AvgIpc) is 3.14. The van der Waals surface area contributed by atoms with Gasteiger partial charge in [0.25, 0.3) is 5.78 Å². The third-order valence-corrected chi connectivity index (χ3v) is 6.41. The number of nitrogens with one attached hydrogen (secondary N) is 3. The highest BCUT2D eigenvalue weighted by molar-refractivity contribution is 7.99. The van der Waals surface area contributed by atoms with Crippen LogP contribution in [0.2, 0.25) is 5.02 Å². The van der Waals surface area contributed by atoms with Gasteiger partial charge in [0.05, 0.1) is 11.3 Å². The van der Waals surface area contributed by atoms with E-state index in [0.717, 1.165) is 24.8 Å². The van der Waals surface area contributed by atoms with E-state index in [-0.39, 0.29) is 17.2 Å². The molecule has 1 aromatic carbocycles. The number of fused-ring (bicyclic) bond motifs is 1. The normalized spacial score (nSPS) is 14.8. The Morgan fingerprint density at radius 1 is 1.13 bits per heavy atom. The van der Waals surface area contributed by atoms with Crippen molar-refractivity contribution in [2.75, 3.05) is 29.5 Å². The first-order valence-corrected chi connectivity index (χ1v) is 11.7. The van der Waals surface area contributed by atoms with Crippen LogP contribution in [0.5, 0.6) is 0 Å². The van der Waals surface area contributed by atoms with Crippen LogP contribution in [0, 0.1) is 0 Å². The molecule has 1 aliphatic rings. The fraction of sp³-hybridized carbons (Fsp3) is 0.450. The van der Waals surface area contributed by atoms with Crippen molar-refractivity contribution in [3.8, 4) is 0 Å². The van der Waals surface area contributed by atoms with E-state index in [9.17, 15) is 4.79 Å². The summed E-state index contributed by atoms with van der Waals surface area (Å²) in [6, 6.07) is 7.71. The first kappa shape index (κ1) is 21.6. The quantitative estimate of drug-likeness (QED) is 0.417. The van der Waals surface area contributed by atoms with Gasteiger partial charge in [-0.25, -0.2) is 4.40 Å². The summed E-state index contributed by atoms with van der Waals surface area (Å²) >= 11 is 7.33. The van der Waals surface area contributed by atoms with Crippen molar-refractivity contribution in [2.45, 2.75) is 43.8 Å². The van der Waals surface area contributed by atoms with Crippen LogP contribution in [0.25, 0.3) is 5.78 Å². The number of thioether (sulfide) groups is 1. The molecule has 0 unspecified atom stereocenters. The van der Waals surface area contributed by atoms with Crippen molar-refractivity contribution in [3.05, 3.63) is 34.9 Å². The third kappa shape index (κ3) is 4.54. The van der Waals surface area contributed by atoms with E-state index in [1.165, 1.54) is 11.8 Å². The van der Waals surface area contributed by atoms with Crippen LogP contribution in [0.3, 0.4) is 0 Å². The molecular weight excluding hydrogens is 436 g/mol. The first-order valence-electron chi connectivity index (χ1n) is 10.4. The number of benzene rings is 1. The summed E-state index contributed by atoms with van der Waals surface area (Å²) in [5.41, 5.74) is 0.779. The highest BCUT2D eigenvalue weighted by Gasteiger charge is 2.39. The van der Waals surface area contributed by atoms with Gasteiger partial charge in [0.2, 0.25) is 17.8 Å². The third-order valence-electron chi connectivity index (χ3n) is 5.23. The minimum atomic E-state index is -0.312. The van der Waals surface area contributed by atoms with Gasteiger partial charge in [-0.1, -0.05) is 35.5 Å². The Bertz CT molecular complexity index is 1070. The van der Waals surface area contributed by atoms with E-state index in [2.05, 4.69) is 36.1 Å². The predicted molar refractivity (Wildman–Crippen MR) is 123 cm³/mol. The minimum absolute atomic E-state index is 0.0495. The molecule has 11 heteroatoms. The van der Waals surface area contributed by atoms with Gasteiger partial charge in [-0.2, -0.15) is 9.97 Å². The fourth-order valence-electron chi connectivity index (χ4n) is 3.62. The second-order valence-corrected chi connectivity index (χ2v) is 8.71. The van der Waals surface area contributed by atoms with Gasteiger partial charge in [0.15, 0.2) is 5.16 Å². The Kier molecular flexibility index (Phi) is 6.47. The van der Waals surface area contributed by atoms with Crippen LogP contribution in [0.1, 0.15) is 38.7 Å². The lowest BCUT2D eigenvalue weighted by atomic mass is 9.72. The Morgan fingerprint density at radius 2 is 1.87 bits per heavy atom. The molecule has 0 aliphatic heterocycles. The number of aromatic nitrogens is 5. The molecule has 9 nitrogen and oxygen atoms in total. The lowest BCUT2D eigenvalue weighted by molar-refractivity contribution is -0.121. The van der Waals surface area contributed by atoms with E-state index in [4.69, 9.17) is 11.6 Å². The maximum atomic E-state index is 12.8. The van der Waals surface area contributed by atoms with Crippen molar-refractivity contribution in [3.63, 3.8) is 0 Å². The van der Waals surface area contributed by atoms with Gasteiger partial charge in [-0.15, -0.1) is 10.2 Å². The average molecular weight is 461 g/mol. The lowest BCUT2D eigenvalue weighted by Gasteiger charge is -2.43. The smallest absolute Gasteiger partial charge is 0.261 e. The molecule has 164 valence electrons. The molecule has 0 spiro atoms. The van der Waals surface area contributed by atoms with Crippen molar-refractivity contribution in [1.29, 1.82) is 0 Å². The second-order valence-electron chi connectivity index (χ2n) is 7.33. The molecule has 4 rings (SSSR count). The van der Waals surface area contributed by atoms with E-state index in [1.54, 1.807) is 4.40 Å². The molecule has 0 radical (unpaired) electrons. The van der Waals surface area contributed by atoms with Gasteiger partial charge in [0.1, 0.15) is 0 Å². The summed E-state index contributed by atoms with van der Waals surface area (Å²) < 4.78 is 1.74. The molecule has 3 N–H and O–H groups in total. The van der Waals surface area contributed by atoms with Gasteiger partial charge in [-0.05, 0) is 50.8 Å². The first-order chi connectivity index (χ1) is 15.0. The molecule has 3 aromatic rings. The van der Waals surface area contributed by atoms with Gasteiger partial charge in [0, 0.05) is 18.1 Å². The summed E-state index contributed by atoms with van der Waals surface area (Å²) in [7, 11) is 0. The van der Waals surface area contributed by atoms with Crippen LogP contribution in [0.15, 0.2) is 29.4 Å². The fourth-order valence-corrected chi connectivity index (χ4v) is 4.47. The summed E-state index contributed by atoms with van der Waals surface area (Å²) in [6.45, 7) is 5.35. The second kappa shape index (κ2) is 9.27. The largest absolute Gasteiger partial charge is 0.355 e. The maximum absolute atomic E-state index is 12.8. The summed E-state index contributed by atoms with van der Waals surface area (Å²) in [4.78, 5) is 21.7. The van der Waals surface area contributed by atoms with Gasteiger partial charge in [-0.3, -0.25) is 4.79 Å². The summed E-state index contributed by atoms with van der Waals surface area (Å²) in [5.74, 6) is 1.68. The maximum Gasteiger partial charge on any atom is 0.261 e. The number of anilines is 2. The van der Waals surface area contributed by atoms with Crippen LogP contribution in [-0.4, -0.2) is 49.3 Å². The molecule has 0 saturated heterocycles. The number of hydrogen-bond acceptors (Lipinski definition) is 8. The molecule has 1 amide bonds. The van der Waals surface area contributed by atoms with E-state index in [1.807, 2.05) is 38.1 Å². The summed E-state index contributed by atoms with van der Waals surface area (Å²) in [6.07, 6.45) is 2.93. The Balaban J connectivity index is 1.48. The molecule has 1 fully saturated rings. The summed E-state index contributed by atoms with van der Waals surface area (Å²) in [5, 5.41) is 19.2. The van der Waals surface area contributed by atoms with E-state index < -0.39 is 0 Å². The lowest BCUT2D eigenvalue weighted by Crippen LogP contribution is -2.51. The van der Waals surface area contributed by atoms with E-state index in [0.29, 0.717) is 40.9 Å². The molecular formula is C20H25ClN8OS. The van der Waals surface area contributed by atoms with Crippen molar-refractivity contribution in [2.24, 2.45) is 0 Å². The molecule has 0 atom stereocenters. The van der Waals surface area contributed by atoms with Crippen LogP contribution >= 0.6 is 23.4 Å². The number of nitrogens with zero attached hydrogens (tertiary/aromatic N) is 5. The number of halogens is 1. The number of carbonyl (C=O) groups is 1. The highest BCUT2D eigenvalue weighted by atomic mass is 35.5. The molecule has 0 bridgehead atoms. The standard InChI is InChI=1S/C20H25ClN8OS/c1-3-22-16-24-17(23-4-2)29-18(25-16)27-28-19(29)31-12-15(30)26-20(10-5-11-20)13-6-8-14(21)9-7-13/h6-9H,3-5,10-12H2,1-2H3,(H,26,30)(H2,22,23,24,25,27). The van der Waals surface area contributed by atoms with Gasteiger partial charge < -0.3 is 16.0 Å². The van der Waals surface area contributed by atoms with Gasteiger partial charge >= 0.3 is 0 Å². The van der Waals surface area contributed by atoms with E-state index >= 15 is 0 Å². The number of rotatable bonds is 9. The molecule has 1 saturated carbocycles. The Labute approximate surface area is 189 Å². The number of hydrogen-bond donors (Lipinski definition) is 3. The number of amides is 1. The highest BCUT2D eigenvalue weighted by Crippen LogP contribution is 2.41. The molecule has 2 aromatic heterocycles. The monoisotopic (exact) mass is 460 g/mol. The topological polar surface area (TPSA) is 109 Å². The van der Waals surface area contributed by atoms with Crippen LogP contribution < -0.4 is 16.0 Å². The SMILES string of the molecule is CCNc1nc(NCC)n2c(SCC(=O)NC3(c4ccc(Cl)cc4)CCC3)nnc2n1. The zero-order chi connectivity index (χ0) is 21.8.